The molecular weight excluding hydrogens is 446 g/mol. The molecule has 1 N–H and O–H groups in total. The minimum absolute atomic E-state index is 0. The minimum atomic E-state index is 0. The molecule has 0 fully saturated rings. The van der Waals surface area contributed by atoms with Gasteiger partial charge in [0.2, 0.25) is 0 Å². The zero-order valence-corrected chi connectivity index (χ0v) is 18.7. The highest BCUT2D eigenvalue weighted by Gasteiger charge is 2.14. The van der Waals surface area contributed by atoms with Gasteiger partial charge in [-0.1, -0.05) is 19.4 Å². The first-order valence-electron chi connectivity index (χ1n) is 9.29. The number of nitrogens with one attached hydrogen (secondary N) is 1. The Kier molecular flexibility index (Phi) is 9.22. The average Bonchev–Trinajstić information content (AvgIpc) is 2.70. The van der Waals surface area contributed by atoms with Gasteiger partial charge >= 0.3 is 0 Å². The predicted octanol–water partition coefficient (Wildman–Crippen LogP) is 5.12. The third-order valence-electron chi connectivity index (χ3n) is 4.32. The Morgan fingerprint density at radius 3 is 2.61 bits per heavy atom. The highest BCUT2D eigenvalue weighted by Crippen LogP contribution is 2.38. The summed E-state index contributed by atoms with van der Waals surface area (Å²) in [5, 5.41) is 3.44. The van der Waals surface area contributed by atoms with Crippen LogP contribution in [0.2, 0.25) is 0 Å². The molecule has 0 amide bonds. The van der Waals surface area contributed by atoms with Crippen molar-refractivity contribution in [2.24, 2.45) is 0 Å². The lowest BCUT2D eigenvalue weighted by Gasteiger charge is -2.19. The molecular formula is C21H27BrClNO4. The van der Waals surface area contributed by atoms with Gasteiger partial charge in [-0.25, -0.2) is 0 Å². The Bertz CT molecular complexity index is 772. The van der Waals surface area contributed by atoms with Crippen LogP contribution in [0.3, 0.4) is 0 Å². The topological polar surface area (TPSA) is 49.0 Å². The molecule has 1 aliphatic rings. The zero-order valence-electron chi connectivity index (χ0n) is 16.3. The number of benzene rings is 2. The van der Waals surface area contributed by atoms with Gasteiger partial charge in [-0.15, -0.1) is 12.4 Å². The van der Waals surface area contributed by atoms with Gasteiger partial charge < -0.3 is 24.3 Å². The molecule has 0 bridgehead atoms. The second kappa shape index (κ2) is 11.4. The summed E-state index contributed by atoms with van der Waals surface area (Å²) in [4.78, 5) is 0. The molecule has 0 unspecified atom stereocenters. The molecule has 2 aromatic carbocycles. The molecule has 0 aliphatic carbocycles. The lowest BCUT2D eigenvalue weighted by Crippen LogP contribution is -2.15. The molecule has 0 saturated carbocycles. The first-order chi connectivity index (χ1) is 13.2. The van der Waals surface area contributed by atoms with Crippen LogP contribution in [-0.2, 0) is 13.2 Å². The van der Waals surface area contributed by atoms with E-state index in [-0.39, 0.29) is 12.4 Å². The van der Waals surface area contributed by atoms with E-state index in [0.717, 1.165) is 40.2 Å². The van der Waals surface area contributed by atoms with Crippen molar-refractivity contribution in [1.82, 2.24) is 5.32 Å². The van der Waals surface area contributed by atoms with Crippen molar-refractivity contribution in [3.63, 3.8) is 0 Å². The monoisotopic (exact) mass is 471 g/mol. The Morgan fingerprint density at radius 2 is 1.86 bits per heavy atom. The molecule has 2 aromatic rings. The van der Waals surface area contributed by atoms with Crippen LogP contribution < -0.4 is 24.3 Å². The molecule has 0 atom stereocenters. The lowest BCUT2D eigenvalue weighted by molar-refractivity contribution is 0.171. The van der Waals surface area contributed by atoms with Crippen LogP contribution in [0.5, 0.6) is 23.0 Å². The fourth-order valence-corrected chi connectivity index (χ4v) is 3.49. The fourth-order valence-electron chi connectivity index (χ4n) is 2.88. The van der Waals surface area contributed by atoms with Gasteiger partial charge in [0.25, 0.3) is 0 Å². The number of methoxy groups -OCH3 is 1. The fraction of sp³-hybridized carbons (Fsp3) is 0.429. The van der Waals surface area contributed by atoms with Crippen LogP contribution in [-0.4, -0.2) is 26.9 Å². The molecule has 5 nitrogen and oxygen atoms in total. The van der Waals surface area contributed by atoms with Crippen LogP contribution in [0.15, 0.2) is 34.8 Å². The van der Waals surface area contributed by atoms with Gasteiger partial charge in [0.1, 0.15) is 19.8 Å². The number of hydrogen-bond acceptors (Lipinski definition) is 5. The number of fused-ring (bicyclic) bond motifs is 1. The SMILES string of the molecule is CCCCNCc1cc(Br)c(OCc2ccc3c(c2)OCCO3)c(OC)c1.Cl. The van der Waals surface area contributed by atoms with Crippen LogP contribution in [0.1, 0.15) is 30.9 Å². The summed E-state index contributed by atoms with van der Waals surface area (Å²) in [7, 11) is 1.66. The van der Waals surface area contributed by atoms with E-state index < -0.39 is 0 Å². The highest BCUT2D eigenvalue weighted by molar-refractivity contribution is 9.10. The average molecular weight is 473 g/mol. The van der Waals surface area contributed by atoms with Crippen molar-refractivity contribution in [2.45, 2.75) is 32.9 Å². The predicted molar refractivity (Wildman–Crippen MR) is 116 cm³/mol. The summed E-state index contributed by atoms with van der Waals surface area (Å²) in [6.45, 7) is 5.59. The first-order valence-corrected chi connectivity index (χ1v) is 10.1. The first kappa shape index (κ1) is 22.7. The normalized spacial score (nSPS) is 12.2. The summed E-state index contributed by atoms with van der Waals surface area (Å²) in [6.07, 6.45) is 2.36. The summed E-state index contributed by atoms with van der Waals surface area (Å²) in [6, 6.07) is 9.95. The lowest BCUT2D eigenvalue weighted by atomic mass is 10.2. The van der Waals surface area contributed by atoms with E-state index in [1.54, 1.807) is 7.11 Å². The van der Waals surface area contributed by atoms with Crippen molar-refractivity contribution >= 4 is 28.3 Å². The van der Waals surface area contributed by atoms with Gasteiger partial charge in [-0.05, 0) is 64.3 Å². The molecule has 3 rings (SSSR count). The van der Waals surface area contributed by atoms with E-state index in [9.17, 15) is 0 Å². The van der Waals surface area contributed by atoms with Gasteiger partial charge in [0.15, 0.2) is 23.0 Å². The molecule has 1 heterocycles. The van der Waals surface area contributed by atoms with E-state index in [0.29, 0.717) is 31.3 Å². The second-order valence-electron chi connectivity index (χ2n) is 6.41. The summed E-state index contributed by atoms with van der Waals surface area (Å²) >= 11 is 3.62. The van der Waals surface area contributed by atoms with E-state index in [2.05, 4.69) is 34.2 Å². The molecule has 154 valence electrons. The van der Waals surface area contributed by atoms with Crippen molar-refractivity contribution in [2.75, 3.05) is 26.9 Å². The summed E-state index contributed by atoms with van der Waals surface area (Å²) in [5.41, 5.74) is 2.17. The van der Waals surface area contributed by atoms with Crippen LogP contribution >= 0.6 is 28.3 Å². The highest BCUT2D eigenvalue weighted by atomic mass is 79.9. The maximum atomic E-state index is 6.05. The quantitative estimate of drug-likeness (QED) is 0.513. The summed E-state index contributed by atoms with van der Waals surface area (Å²) < 4.78 is 23.7. The van der Waals surface area contributed by atoms with Crippen molar-refractivity contribution in [3.05, 3.63) is 45.9 Å². The number of hydrogen-bond donors (Lipinski definition) is 1. The van der Waals surface area contributed by atoms with Crippen molar-refractivity contribution < 1.29 is 18.9 Å². The molecule has 7 heteroatoms. The number of ether oxygens (including phenoxy) is 4. The molecule has 0 radical (unpaired) electrons. The number of rotatable bonds is 9. The molecule has 28 heavy (non-hydrogen) atoms. The maximum absolute atomic E-state index is 6.05. The zero-order chi connectivity index (χ0) is 19.1. The largest absolute Gasteiger partial charge is 0.493 e. The van der Waals surface area contributed by atoms with E-state index in [1.165, 1.54) is 12.8 Å². The van der Waals surface area contributed by atoms with Crippen molar-refractivity contribution in [3.8, 4) is 23.0 Å². The maximum Gasteiger partial charge on any atom is 0.175 e. The molecule has 0 aromatic heterocycles. The number of unbranched alkanes of at least 4 members (excludes halogenated alkanes) is 1. The molecule has 0 spiro atoms. The standard InChI is InChI=1S/C21H26BrNO4.ClH/c1-3-4-7-23-13-16-10-17(22)21(20(12-16)24-2)27-14-15-5-6-18-19(11-15)26-9-8-25-18;/h5-6,10-12,23H,3-4,7-9,13-14H2,1-2H3;1H. The van der Waals surface area contributed by atoms with Crippen LogP contribution in [0, 0.1) is 0 Å². The van der Waals surface area contributed by atoms with E-state index in [4.69, 9.17) is 18.9 Å². The second-order valence-corrected chi connectivity index (χ2v) is 7.26. The summed E-state index contributed by atoms with van der Waals surface area (Å²) in [5.74, 6) is 2.96. The van der Waals surface area contributed by atoms with Crippen LogP contribution in [0.4, 0.5) is 0 Å². The van der Waals surface area contributed by atoms with Crippen molar-refractivity contribution in [1.29, 1.82) is 0 Å². The Balaban J connectivity index is 0.00000280. The third-order valence-corrected chi connectivity index (χ3v) is 4.90. The smallest absolute Gasteiger partial charge is 0.175 e. The Labute approximate surface area is 181 Å². The molecule has 1 aliphatic heterocycles. The minimum Gasteiger partial charge on any atom is -0.493 e. The Hall–Kier alpha value is -1.63. The van der Waals surface area contributed by atoms with Gasteiger partial charge in [0.05, 0.1) is 11.6 Å². The number of halogens is 2. The van der Waals surface area contributed by atoms with Gasteiger partial charge in [0, 0.05) is 6.54 Å². The molecule has 0 saturated heterocycles. The van der Waals surface area contributed by atoms with Crippen LogP contribution in [0.25, 0.3) is 0 Å². The van der Waals surface area contributed by atoms with Gasteiger partial charge in [-0.3, -0.25) is 0 Å². The Morgan fingerprint density at radius 1 is 1.07 bits per heavy atom. The van der Waals surface area contributed by atoms with E-state index >= 15 is 0 Å². The van der Waals surface area contributed by atoms with E-state index in [1.807, 2.05) is 24.3 Å². The third kappa shape index (κ3) is 5.93. The van der Waals surface area contributed by atoms with Gasteiger partial charge in [-0.2, -0.15) is 0 Å².